The number of hydrogen-bond acceptors (Lipinski definition) is 2. The highest BCUT2D eigenvalue weighted by Gasteiger charge is 2.27. The van der Waals surface area contributed by atoms with Crippen LogP contribution in [0.15, 0.2) is 11.8 Å². The molecule has 1 fully saturated rings. The molecule has 3 heteroatoms. The summed E-state index contributed by atoms with van der Waals surface area (Å²) in [5.74, 6) is 0.722. The van der Waals surface area contributed by atoms with Gasteiger partial charge in [0.1, 0.15) is 18.8 Å². The summed E-state index contributed by atoms with van der Waals surface area (Å²) in [5, 5.41) is 0. The van der Waals surface area contributed by atoms with Gasteiger partial charge < -0.3 is 4.74 Å². The van der Waals surface area contributed by atoms with Gasteiger partial charge in [-0.05, 0) is 27.2 Å². The summed E-state index contributed by atoms with van der Waals surface area (Å²) in [6, 6.07) is 0. The Morgan fingerprint density at radius 2 is 1.83 bits per heavy atom. The molecule has 0 radical (unpaired) electrons. The predicted molar refractivity (Wildman–Crippen MR) is 71.7 cm³/mol. The van der Waals surface area contributed by atoms with Crippen molar-refractivity contribution in [3.05, 3.63) is 11.8 Å². The van der Waals surface area contributed by atoms with Gasteiger partial charge in [-0.15, -0.1) is 0 Å². The van der Waals surface area contributed by atoms with Crippen molar-refractivity contribution in [2.75, 3.05) is 13.1 Å². The van der Waals surface area contributed by atoms with Gasteiger partial charge in [0.25, 0.3) is 0 Å². The van der Waals surface area contributed by atoms with Gasteiger partial charge in [0.05, 0.1) is 5.41 Å². The van der Waals surface area contributed by atoms with Crippen LogP contribution in [0, 0.1) is 5.41 Å². The van der Waals surface area contributed by atoms with Gasteiger partial charge in [0, 0.05) is 31.8 Å². The van der Waals surface area contributed by atoms with Gasteiger partial charge in [-0.1, -0.05) is 0 Å². The van der Waals surface area contributed by atoms with Crippen LogP contribution >= 0.6 is 0 Å². The molecule has 0 aromatic heterocycles. The molecule has 1 heterocycles. The lowest BCUT2D eigenvalue weighted by Gasteiger charge is -2.19. The van der Waals surface area contributed by atoms with E-state index in [-0.39, 0.29) is 5.97 Å². The lowest BCUT2D eigenvalue weighted by atomic mass is 9.97. The van der Waals surface area contributed by atoms with Gasteiger partial charge in [-0.3, -0.25) is 4.79 Å². The molecule has 0 atom stereocenters. The summed E-state index contributed by atoms with van der Waals surface area (Å²) in [4.78, 5) is 11.9. The van der Waals surface area contributed by atoms with Crippen LogP contribution in [-0.2, 0) is 9.53 Å². The molecule has 0 bridgehead atoms. The van der Waals surface area contributed by atoms with Crippen molar-refractivity contribution >= 4 is 11.7 Å². The Balaban J connectivity index is 2.09. The first-order valence-corrected chi connectivity index (χ1v) is 7.00. The van der Waals surface area contributed by atoms with E-state index < -0.39 is 5.41 Å². The number of esters is 1. The predicted octanol–water partition coefficient (Wildman–Crippen LogP) is 2.89. The SMILES string of the molecule is CC(C)(C)C(=O)OC1=CC(=[N+]2CCCC2)CCC1. The number of ether oxygens (including phenoxy) is 1. The molecule has 0 saturated carbocycles. The summed E-state index contributed by atoms with van der Waals surface area (Å²) in [6.07, 6.45) is 7.77. The Bertz CT molecular complexity index is 391. The molecular formula is C15H24NO2+. The second-order valence-corrected chi connectivity index (χ2v) is 6.29. The van der Waals surface area contributed by atoms with Gasteiger partial charge in [-0.25, -0.2) is 4.58 Å². The zero-order chi connectivity index (χ0) is 13.2. The smallest absolute Gasteiger partial charge is 0.316 e. The molecule has 1 saturated heterocycles. The molecule has 1 aliphatic carbocycles. The minimum Gasteiger partial charge on any atom is -0.430 e. The van der Waals surface area contributed by atoms with E-state index in [2.05, 4.69) is 10.7 Å². The van der Waals surface area contributed by atoms with Gasteiger partial charge in [0.15, 0.2) is 5.71 Å². The molecular weight excluding hydrogens is 226 g/mol. The van der Waals surface area contributed by atoms with Crippen molar-refractivity contribution < 1.29 is 14.1 Å². The number of rotatable bonds is 1. The van der Waals surface area contributed by atoms with Gasteiger partial charge >= 0.3 is 5.97 Å². The molecule has 2 rings (SSSR count). The van der Waals surface area contributed by atoms with Crippen molar-refractivity contribution in [1.82, 2.24) is 0 Å². The van der Waals surface area contributed by atoms with Crippen LogP contribution in [0.1, 0.15) is 52.9 Å². The van der Waals surface area contributed by atoms with Crippen molar-refractivity contribution in [2.45, 2.75) is 52.9 Å². The number of nitrogens with zero attached hydrogens (tertiary/aromatic N) is 1. The van der Waals surface area contributed by atoms with Crippen LogP contribution in [0.25, 0.3) is 0 Å². The first-order chi connectivity index (χ1) is 8.47. The van der Waals surface area contributed by atoms with Gasteiger partial charge in [0.2, 0.25) is 0 Å². The molecule has 0 unspecified atom stereocenters. The zero-order valence-electron chi connectivity index (χ0n) is 11.8. The van der Waals surface area contributed by atoms with E-state index >= 15 is 0 Å². The summed E-state index contributed by atoms with van der Waals surface area (Å²) >= 11 is 0. The summed E-state index contributed by atoms with van der Waals surface area (Å²) in [5.41, 5.74) is 0.932. The normalized spacial score (nSPS) is 20.9. The Labute approximate surface area is 110 Å². The summed E-state index contributed by atoms with van der Waals surface area (Å²) < 4.78 is 7.95. The molecule has 1 aliphatic heterocycles. The number of allylic oxidation sites excluding steroid dienone is 2. The molecule has 2 aliphatic rings. The Hall–Kier alpha value is -1.12. The lowest BCUT2D eigenvalue weighted by Crippen LogP contribution is -2.25. The first-order valence-electron chi connectivity index (χ1n) is 7.00. The largest absolute Gasteiger partial charge is 0.430 e. The third-order valence-corrected chi connectivity index (χ3v) is 3.53. The van der Waals surface area contributed by atoms with E-state index in [0.29, 0.717) is 0 Å². The first kappa shape index (κ1) is 13.3. The number of hydrogen-bond donors (Lipinski definition) is 0. The fraction of sp³-hybridized carbons (Fsp3) is 0.733. The summed E-state index contributed by atoms with van der Waals surface area (Å²) in [6.45, 7) is 8.00. The second-order valence-electron chi connectivity index (χ2n) is 6.29. The fourth-order valence-corrected chi connectivity index (χ4v) is 2.38. The molecule has 3 nitrogen and oxygen atoms in total. The van der Waals surface area contributed by atoms with Crippen molar-refractivity contribution in [3.63, 3.8) is 0 Å². The number of carbonyl (C=O) groups is 1. The highest BCUT2D eigenvalue weighted by atomic mass is 16.5. The van der Waals surface area contributed by atoms with Crippen LogP contribution in [0.3, 0.4) is 0 Å². The standard InChI is InChI=1S/C15H24NO2/c1-15(2,3)14(17)18-13-8-6-7-12(11-13)16-9-4-5-10-16/h11H,4-10H2,1-3H3/q+1. The zero-order valence-corrected chi connectivity index (χ0v) is 11.8. The van der Waals surface area contributed by atoms with Crippen molar-refractivity contribution in [1.29, 1.82) is 0 Å². The van der Waals surface area contributed by atoms with Gasteiger partial charge in [-0.2, -0.15) is 0 Å². The Kier molecular flexibility index (Phi) is 3.88. The van der Waals surface area contributed by atoms with Crippen LogP contribution < -0.4 is 0 Å². The highest BCUT2D eigenvalue weighted by Crippen LogP contribution is 2.23. The summed E-state index contributed by atoms with van der Waals surface area (Å²) in [7, 11) is 0. The topological polar surface area (TPSA) is 29.3 Å². The third-order valence-electron chi connectivity index (χ3n) is 3.53. The Morgan fingerprint density at radius 3 is 2.44 bits per heavy atom. The monoisotopic (exact) mass is 250 g/mol. The van der Waals surface area contributed by atoms with E-state index in [1.54, 1.807) is 0 Å². The van der Waals surface area contributed by atoms with Crippen LogP contribution in [0.4, 0.5) is 0 Å². The lowest BCUT2D eigenvalue weighted by molar-refractivity contribution is -0.506. The van der Waals surface area contributed by atoms with Crippen molar-refractivity contribution in [3.8, 4) is 0 Å². The van der Waals surface area contributed by atoms with E-state index in [9.17, 15) is 4.79 Å². The molecule has 0 aromatic carbocycles. The molecule has 0 N–H and O–H groups in total. The van der Waals surface area contributed by atoms with Crippen LogP contribution in [-0.4, -0.2) is 29.3 Å². The van der Waals surface area contributed by atoms with E-state index in [1.807, 2.05) is 20.8 Å². The minimum absolute atomic E-state index is 0.128. The molecule has 0 amide bonds. The maximum atomic E-state index is 11.9. The maximum Gasteiger partial charge on any atom is 0.316 e. The molecule has 0 spiro atoms. The van der Waals surface area contributed by atoms with Crippen molar-refractivity contribution in [2.24, 2.45) is 5.41 Å². The average molecular weight is 250 g/mol. The maximum absolute atomic E-state index is 11.9. The fourth-order valence-electron chi connectivity index (χ4n) is 2.38. The van der Waals surface area contributed by atoms with E-state index in [4.69, 9.17) is 4.74 Å². The third kappa shape index (κ3) is 3.21. The van der Waals surface area contributed by atoms with E-state index in [0.717, 1.165) is 38.1 Å². The average Bonchev–Trinajstić information content (AvgIpc) is 2.81. The second kappa shape index (κ2) is 5.25. The quantitative estimate of drug-likeness (QED) is 0.529. The highest BCUT2D eigenvalue weighted by molar-refractivity contribution is 5.92. The van der Waals surface area contributed by atoms with Crippen LogP contribution in [0.2, 0.25) is 0 Å². The number of carbonyl (C=O) groups excluding carboxylic acids is 1. The molecule has 18 heavy (non-hydrogen) atoms. The Morgan fingerprint density at radius 1 is 1.17 bits per heavy atom. The molecule has 0 aromatic rings. The molecule has 100 valence electrons. The van der Waals surface area contributed by atoms with Crippen LogP contribution in [0.5, 0.6) is 0 Å². The van der Waals surface area contributed by atoms with E-state index in [1.165, 1.54) is 18.6 Å². The minimum atomic E-state index is -0.425.